The first-order valence-corrected chi connectivity index (χ1v) is 4.98. The molecule has 0 aliphatic heterocycles. The Morgan fingerprint density at radius 1 is 1.17 bits per heavy atom. The maximum atomic E-state index is 13.4. The number of nitrogens with one attached hydrogen (secondary N) is 2. The van der Waals surface area contributed by atoms with E-state index < -0.39 is 34.8 Å². The minimum absolute atomic E-state index is 0.0254. The van der Waals surface area contributed by atoms with Gasteiger partial charge in [-0.1, -0.05) is 0 Å². The summed E-state index contributed by atoms with van der Waals surface area (Å²) < 4.78 is 26.4. The predicted octanol–water partition coefficient (Wildman–Crippen LogP) is -0.0549. The van der Waals surface area contributed by atoms with Crippen LogP contribution < -0.4 is 22.1 Å². The highest BCUT2D eigenvalue weighted by Crippen LogP contribution is 2.17. The number of anilines is 1. The molecule has 0 saturated carbocycles. The molecule has 0 saturated heterocycles. The van der Waals surface area contributed by atoms with E-state index in [4.69, 9.17) is 11.5 Å². The van der Waals surface area contributed by atoms with Gasteiger partial charge in [0, 0.05) is 13.1 Å². The molecule has 18 heavy (non-hydrogen) atoms. The Hall–Kier alpha value is -2.38. The topological polar surface area (TPSA) is 110 Å². The average Bonchev–Trinajstić information content (AvgIpc) is 2.28. The summed E-state index contributed by atoms with van der Waals surface area (Å²) in [4.78, 5) is 21.8. The third kappa shape index (κ3) is 3.58. The maximum Gasteiger partial charge on any atom is 0.312 e. The number of carbonyl (C=O) groups excluding carboxylic acids is 2. The Bertz CT molecular complexity index is 479. The SMILES string of the molecule is NC(=O)NCCNC(=O)c1cc(F)cc(N)c1F. The van der Waals surface area contributed by atoms with Crippen LogP contribution in [0.15, 0.2) is 12.1 Å². The van der Waals surface area contributed by atoms with E-state index in [2.05, 4.69) is 10.6 Å². The highest BCUT2D eigenvalue weighted by molar-refractivity contribution is 5.95. The van der Waals surface area contributed by atoms with Crippen molar-refractivity contribution in [3.05, 3.63) is 29.3 Å². The van der Waals surface area contributed by atoms with Gasteiger partial charge < -0.3 is 22.1 Å². The number of nitrogen functional groups attached to an aromatic ring is 1. The van der Waals surface area contributed by atoms with Gasteiger partial charge >= 0.3 is 6.03 Å². The number of hydrogen-bond acceptors (Lipinski definition) is 3. The fourth-order valence-corrected chi connectivity index (χ4v) is 1.23. The van der Waals surface area contributed by atoms with Crippen molar-refractivity contribution in [2.45, 2.75) is 0 Å². The van der Waals surface area contributed by atoms with Crippen LogP contribution in [0.1, 0.15) is 10.4 Å². The number of amides is 3. The van der Waals surface area contributed by atoms with Gasteiger partial charge in [0.15, 0.2) is 5.82 Å². The Morgan fingerprint density at radius 3 is 2.39 bits per heavy atom. The molecule has 6 N–H and O–H groups in total. The molecule has 0 radical (unpaired) electrons. The predicted molar refractivity (Wildman–Crippen MR) is 60.7 cm³/mol. The summed E-state index contributed by atoms with van der Waals surface area (Å²) in [7, 11) is 0. The fraction of sp³-hybridized carbons (Fsp3) is 0.200. The van der Waals surface area contributed by atoms with Crippen LogP contribution >= 0.6 is 0 Å². The zero-order valence-electron chi connectivity index (χ0n) is 9.30. The molecule has 3 amide bonds. The van der Waals surface area contributed by atoms with Crippen molar-refractivity contribution in [3.8, 4) is 0 Å². The smallest absolute Gasteiger partial charge is 0.312 e. The molecule has 0 fully saturated rings. The van der Waals surface area contributed by atoms with Crippen LogP contribution in [0.2, 0.25) is 0 Å². The van der Waals surface area contributed by atoms with E-state index in [1.807, 2.05) is 0 Å². The van der Waals surface area contributed by atoms with Crippen LogP contribution in [-0.2, 0) is 0 Å². The van der Waals surface area contributed by atoms with Crippen molar-refractivity contribution in [2.24, 2.45) is 5.73 Å². The molecule has 0 aliphatic rings. The van der Waals surface area contributed by atoms with E-state index >= 15 is 0 Å². The van der Waals surface area contributed by atoms with Crippen LogP contribution in [0.3, 0.4) is 0 Å². The number of benzene rings is 1. The van der Waals surface area contributed by atoms with Gasteiger partial charge in [0.2, 0.25) is 0 Å². The Morgan fingerprint density at radius 2 is 1.78 bits per heavy atom. The highest BCUT2D eigenvalue weighted by atomic mass is 19.1. The van der Waals surface area contributed by atoms with E-state index in [0.717, 1.165) is 12.1 Å². The number of rotatable bonds is 4. The van der Waals surface area contributed by atoms with Gasteiger partial charge in [-0.3, -0.25) is 4.79 Å². The summed E-state index contributed by atoms with van der Waals surface area (Å²) in [6, 6.07) is 0.772. The molecule has 0 heterocycles. The van der Waals surface area contributed by atoms with Crippen LogP contribution in [0.4, 0.5) is 19.3 Å². The standard InChI is InChI=1S/C10H12F2N4O2/c11-5-3-6(8(12)7(13)4-5)9(17)15-1-2-16-10(14)18/h3-4H,1-2,13H2,(H,15,17)(H3,14,16,18). The molecular formula is C10H12F2N4O2. The maximum absolute atomic E-state index is 13.4. The molecule has 0 atom stereocenters. The zero-order chi connectivity index (χ0) is 13.7. The zero-order valence-corrected chi connectivity index (χ0v) is 9.30. The second-order valence-corrected chi connectivity index (χ2v) is 3.40. The molecule has 0 spiro atoms. The third-order valence-electron chi connectivity index (χ3n) is 2.02. The first-order chi connectivity index (χ1) is 8.41. The minimum atomic E-state index is -0.989. The number of primary amides is 1. The van der Waals surface area contributed by atoms with E-state index in [0.29, 0.717) is 0 Å². The van der Waals surface area contributed by atoms with Crippen molar-refractivity contribution in [1.82, 2.24) is 10.6 Å². The summed E-state index contributed by atoms with van der Waals surface area (Å²) in [5, 5.41) is 4.50. The van der Waals surface area contributed by atoms with Gasteiger partial charge in [-0.25, -0.2) is 13.6 Å². The Balaban J connectivity index is 2.64. The molecule has 0 aromatic heterocycles. The lowest BCUT2D eigenvalue weighted by atomic mass is 10.1. The second kappa shape index (κ2) is 5.80. The number of urea groups is 1. The monoisotopic (exact) mass is 258 g/mol. The molecule has 1 rings (SSSR count). The van der Waals surface area contributed by atoms with Crippen LogP contribution in [0.5, 0.6) is 0 Å². The fourth-order valence-electron chi connectivity index (χ4n) is 1.23. The lowest BCUT2D eigenvalue weighted by Gasteiger charge is -2.07. The quantitative estimate of drug-likeness (QED) is 0.448. The first-order valence-electron chi connectivity index (χ1n) is 4.98. The van der Waals surface area contributed by atoms with Gasteiger partial charge in [-0.15, -0.1) is 0 Å². The molecule has 1 aromatic carbocycles. The third-order valence-corrected chi connectivity index (χ3v) is 2.02. The Labute approximate surface area is 101 Å². The van der Waals surface area contributed by atoms with E-state index in [1.165, 1.54) is 0 Å². The van der Waals surface area contributed by atoms with Crippen molar-refractivity contribution in [3.63, 3.8) is 0 Å². The minimum Gasteiger partial charge on any atom is -0.396 e. The van der Waals surface area contributed by atoms with E-state index in [9.17, 15) is 18.4 Å². The number of nitrogens with two attached hydrogens (primary N) is 2. The first kappa shape index (κ1) is 13.7. The average molecular weight is 258 g/mol. The lowest BCUT2D eigenvalue weighted by Crippen LogP contribution is -2.37. The summed E-state index contributed by atoms with van der Waals surface area (Å²) in [6.45, 7) is 0.102. The molecule has 98 valence electrons. The number of hydrogen-bond donors (Lipinski definition) is 4. The molecule has 0 unspecified atom stereocenters. The van der Waals surface area contributed by atoms with Gasteiger partial charge in [0.1, 0.15) is 5.82 Å². The van der Waals surface area contributed by atoms with Crippen molar-refractivity contribution >= 4 is 17.6 Å². The Kier molecular flexibility index (Phi) is 4.41. The number of carbonyl (C=O) groups is 2. The van der Waals surface area contributed by atoms with Gasteiger partial charge in [0.25, 0.3) is 5.91 Å². The normalized spacial score (nSPS) is 9.89. The molecule has 0 bridgehead atoms. The molecule has 1 aromatic rings. The highest BCUT2D eigenvalue weighted by Gasteiger charge is 2.15. The lowest BCUT2D eigenvalue weighted by molar-refractivity contribution is 0.0949. The summed E-state index contributed by atoms with van der Waals surface area (Å²) in [5.41, 5.74) is 9.04. The van der Waals surface area contributed by atoms with Crippen molar-refractivity contribution in [1.29, 1.82) is 0 Å². The van der Waals surface area contributed by atoms with E-state index in [-0.39, 0.29) is 13.1 Å². The van der Waals surface area contributed by atoms with Gasteiger partial charge in [-0.2, -0.15) is 0 Å². The number of halogens is 2. The summed E-state index contributed by atoms with van der Waals surface area (Å²) in [5.74, 6) is -2.63. The van der Waals surface area contributed by atoms with Crippen LogP contribution in [0.25, 0.3) is 0 Å². The van der Waals surface area contributed by atoms with Gasteiger partial charge in [-0.05, 0) is 12.1 Å². The molecule has 0 aliphatic carbocycles. The van der Waals surface area contributed by atoms with Crippen LogP contribution in [0, 0.1) is 11.6 Å². The van der Waals surface area contributed by atoms with Crippen molar-refractivity contribution in [2.75, 3.05) is 18.8 Å². The van der Waals surface area contributed by atoms with Crippen LogP contribution in [-0.4, -0.2) is 25.0 Å². The van der Waals surface area contributed by atoms with Crippen molar-refractivity contribution < 1.29 is 18.4 Å². The largest absolute Gasteiger partial charge is 0.396 e. The second-order valence-electron chi connectivity index (χ2n) is 3.40. The van der Waals surface area contributed by atoms with Gasteiger partial charge in [0.05, 0.1) is 11.3 Å². The molecular weight excluding hydrogens is 246 g/mol. The summed E-state index contributed by atoms with van der Waals surface area (Å²) >= 11 is 0. The molecule has 6 nitrogen and oxygen atoms in total. The van der Waals surface area contributed by atoms with E-state index in [1.54, 1.807) is 0 Å². The summed E-state index contributed by atoms with van der Waals surface area (Å²) in [6.07, 6.45) is 0. The molecule has 8 heteroatoms.